The number of phenolic OH excluding ortho intramolecular Hbond substituents is 3. The molecule has 0 aliphatic carbocycles. The third-order valence-corrected chi connectivity index (χ3v) is 14.3. The van der Waals surface area contributed by atoms with Gasteiger partial charge in [0.15, 0.2) is 5.78 Å². The molecule has 372 valence electrons. The zero-order valence-electron chi connectivity index (χ0n) is 45.3. The van der Waals surface area contributed by atoms with E-state index in [9.17, 15) is 20.1 Å². The molecule has 70 heavy (non-hydrogen) atoms. The zero-order valence-corrected chi connectivity index (χ0v) is 45.3. The Morgan fingerprint density at radius 3 is 1.60 bits per heavy atom. The number of phenols is 3. The van der Waals surface area contributed by atoms with Crippen LogP contribution in [0.1, 0.15) is 128 Å². The van der Waals surface area contributed by atoms with E-state index in [2.05, 4.69) is 104 Å². The van der Waals surface area contributed by atoms with Gasteiger partial charge in [0, 0.05) is 22.8 Å². The SMILES string of the molecule is COc1c(C)c(C)c(C)c(C(=O)/C=C/c2ccc(C)cc2C)c1C.COc1c(C)c(C)c(C)c(C=CCc2ccc(C)cc2C)c1C.COc1c(C)c(C)c(O)c(CCCc2ccc(O)cc2O)c1C. The van der Waals surface area contributed by atoms with Gasteiger partial charge in [-0.15, -0.1) is 0 Å². The second-order valence-corrected chi connectivity index (χ2v) is 18.9. The smallest absolute Gasteiger partial charge is 0.186 e. The first-order chi connectivity index (χ1) is 33.0. The van der Waals surface area contributed by atoms with Gasteiger partial charge in [0.25, 0.3) is 0 Å². The summed E-state index contributed by atoms with van der Waals surface area (Å²) >= 11 is 0. The van der Waals surface area contributed by atoms with E-state index in [0.717, 1.165) is 91.3 Å². The van der Waals surface area contributed by atoms with Gasteiger partial charge in [-0.1, -0.05) is 71.8 Å². The van der Waals surface area contributed by atoms with E-state index in [1.54, 1.807) is 39.5 Å². The summed E-state index contributed by atoms with van der Waals surface area (Å²) in [7, 11) is 5.06. The Morgan fingerprint density at radius 2 is 1.03 bits per heavy atom. The number of allylic oxidation sites excluding steroid dienone is 2. The molecule has 0 saturated carbocycles. The van der Waals surface area contributed by atoms with Gasteiger partial charge in [0.05, 0.1) is 21.3 Å². The van der Waals surface area contributed by atoms with Crippen LogP contribution in [-0.4, -0.2) is 42.4 Å². The quantitative estimate of drug-likeness (QED) is 0.0782. The van der Waals surface area contributed by atoms with Crippen LogP contribution in [0.3, 0.4) is 0 Å². The number of rotatable bonds is 13. The van der Waals surface area contributed by atoms with E-state index in [-0.39, 0.29) is 17.3 Å². The van der Waals surface area contributed by atoms with E-state index in [1.165, 1.54) is 61.7 Å². The number of carbonyl (C=O) groups excluding carboxylic acids is 1. The highest BCUT2D eigenvalue weighted by molar-refractivity contribution is 6.09. The largest absolute Gasteiger partial charge is 0.508 e. The van der Waals surface area contributed by atoms with Gasteiger partial charge in [-0.2, -0.15) is 0 Å². The summed E-state index contributed by atoms with van der Waals surface area (Å²) in [6.07, 6.45) is 11.2. The molecule has 7 heteroatoms. The van der Waals surface area contributed by atoms with Crippen molar-refractivity contribution in [2.45, 2.75) is 130 Å². The van der Waals surface area contributed by atoms with Crippen molar-refractivity contribution in [1.29, 1.82) is 0 Å². The minimum Gasteiger partial charge on any atom is -0.508 e. The van der Waals surface area contributed by atoms with Crippen molar-refractivity contribution in [2.24, 2.45) is 0 Å². The topological polar surface area (TPSA) is 105 Å². The maximum atomic E-state index is 12.8. The highest BCUT2D eigenvalue weighted by Crippen LogP contribution is 2.38. The summed E-state index contributed by atoms with van der Waals surface area (Å²) in [5.74, 6) is 3.15. The minimum absolute atomic E-state index is 0.0198. The highest BCUT2D eigenvalue weighted by atomic mass is 16.5. The molecular formula is C63H78O7. The zero-order chi connectivity index (χ0) is 52.3. The normalized spacial score (nSPS) is 11.1. The number of ether oxygens (including phenoxy) is 3. The van der Waals surface area contributed by atoms with Crippen LogP contribution >= 0.6 is 0 Å². The Bertz CT molecular complexity index is 2930. The van der Waals surface area contributed by atoms with Crippen LogP contribution in [0.5, 0.6) is 34.5 Å². The predicted octanol–water partition coefficient (Wildman–Crippen LogP) is 15.2. The Kier molecular flexibility index (Phi) is 19.7. The lowest BCUT2D eigenvalue weighted by Gasteiger charge is -2.18. The number of carbonyl (C=O) groups is 1. The first kappa shape index (κ1) is 55.9. The van der Waals surface area contributed by atoms with E-state index in [1.807, 2.05) is 54.5 Å². The summed E-state index contributed by atoms with van der Waals surface area (Å²) in [5.41, 5.74) is 23.3. The van der Waals surface area contributed by atoms with Gasteiger partial charge in [-0.05, 0) is 231 Å². The van der Waals surface area contributed by atoms with Crippen molar-refractivity contribution in [3.63, 3.8) is 0 Å². The van der Waals surface area contributed by atoms with Crippen molar-refractivity contribution in [2.75, 3.05) is 21.3 Å². The molecule has 6 aromatic rings. The second-order valence-electron chi connectivity index (χ2n) is 18.9. The maximum absolute atomic E-state index is 12.8. The van der Waals surface area contributed by atoms with Crippen LogP contribution in [-0.2, 0) is 19.3 Å². The molecule has 6 rings (SSSR count). The summed E-state index contributed by atoms with van der Waals surface area (Å²) in [4.78, 5) is 12.8. The van der Waals surface area contributed by atoms with Crippen LogP contribution in [0.4, 0.5) is 0 Å². The van der Waals surface area contributed by atoms with Gasteiger partial charge >= 0.3 is 0 Å². The first-order valence-electron chi connectivity index (χ1n) is 24.2. The molecule has 0 radical (unpaired) electrons. The van der Waals surface area contributed by atoms with Crippen LogP contribution in [0, 0.1) is 104 Å². The molecule has 0 bridgehead atoms. The highest BCUT2D eigenvalue weighted by Gasteiger charge is 2.20. The van der Waals surface area contributed by atoms with Gasteiger partial charge in [-0.25, -0.2) is 0 Å². The molecule has 7 nitrogen and oxygen atoms in total. The van der Waals surface area contributed by atoms with Crippen molar-refractivity contribution in [3.05, 3.63) is 184 Å². The lowest BCUT2D eigenvalue weighted by Crippen LogP contribution is -2.07. The number of hydrogen-bond donors (Lipinski definition) is 3. The summed E-state index contributed by atoms with van der Waals surface area (Å²) in [5, 5.41) is 29.6. The molecule has 0 atom stereocenters. The third kappa shape index (κ3) is 12.9. The Morgan fingerprint density at radius 1 is 0.500 bits per heavy atom. The average Bonchev–Trinajstić information content (AvgIpc) is 3.31. The number of benzene rings is 6. The van der Waals surface area contributed by atoms with Gasteiger partial charge in [-0.3, -0.25) is 4.79 Å². The third-order valence-electron chi connectivity index (χ3n) is 14.3. The van der Waals surface area contributed by atoms with Crippen molar-refractivity contribution < 1.29 is 34.3 Å². The van der Waals surface area contributed by atoms with Crippen LogP contribution in [0.25, 0.3) is 12.2 Å². The molecule has 0 heterocycles. The molecule has 0 spiro atoms. The Labute approximate surface area is 419 Å². The number of methoxy groups -OCH3 is 3. The van der Waals surface area contributed by atoms with E-state index in [0.29, 0.717) is 18.6 Å². The Hall–Kier alpha value is -6.73. The Balaban J connectivity index is 0.000000228. The number of aryl methyl sites for hydroxylation is 5. The van der Waals surface area contributed by atoms with E-state index < -0.39 is 0 Å². The number of hydrogen-bond acceptors (Lipinski definition) is 7. The first-order valence-corrected chi connectivity index (χ1v) is 24.2. The molecule has 6 aromatic carbocycles. The van der Waals surface area contributed by atoms with Crippen LogP contribution in [0.2, 0.25) is 0 Å². The maximum Gasteiger partial charge on any atom is 0.186 e. The monoisotopic (exact) mass is 947 g/mol. The number of aromatic hydroxyl groups is 3. The number of ketones is 1. The lowest BCUT2D eigenvalue weighted by atomic mass is 9.90. The van der Waals surface area contributed by atoms with Gasteiger partial charge in [0.1, 0.15) is 34.5 Å². The molecular weight excluding hydrogens is 869 g/mol. The molecule has 0 aromatic heterocycles. The fourth-order valence-corrected chi connectivity index (χ4v) is 9.53. The molecule has 0 unspecified atom stereocenters. The average molecular weight is 947 g/mol. The van der Waals surface area contributed by atoms with Crippen LogP contribution in [0.15, 0.2) is 66.7 Å². The summed E-state index contributed by atoms with van der Waals surface area (Å²) in [6, 6.07) is 17.5. The van der Waals surface area contributed by atoms with Crippen LogP contribution < -0.4 is 14.2 Å². The molecule has 0 saturated heterocycles. The predicted molar refractivity (Wildman–Crippen MR) is 292 cm³/mol. The van der Waals surface area contributed by atoms with Crippen molar-refractivity contribution >= 4 is 17.9 Å². The van der Waals surface area contributed by atoms with Crippen molar-refractivity contribution in [1.82, 2.24) is 0 Å². The second kappa shape index (κ2) is 24.7. The molecule has 0 amide bonds. The van der Waals surface area contributed by atoms with Gasteiger partial charge < -0.3 is 29.5 Å². The fourth-order valence-electron chi connectivity index (χ4n) is 9.53. The minimum atomic E-state index is 0.0198. The fraction of sp³-hybridized carbons (Fsp3) is 0.349. The molecule has 0 aliphatic heterocycles. The van der Waals surface area contributed by atoms with E-state index in [4.69, 9.17) is 14.2 Å². The standard InChI is InChI=1S/C22H26O2.C22H28O.C19H24O4/c1-13-8-9-19(14(2)12-13)10-11-20(23)21-16(4)15(3)17(5)22(24-7)18(21)6;1-14-11-12-20(15(2)13-14)9-8-10-21-17(4)16(3)18(5)22(23-7)19(21)6;1-11-12(2)19(23-4)13(3)16(18(11)22)7-5-6-14-8-9-15(20)10-17(14)21/h8-12H,1-7H3;8,10-13H,9H2,1-7H3;8-10,20-22H,5-7H2,1-4H3/b11-10+;;. The summed E-state index contributed by atoms with van der Waals surface area (Å²) in [6.45, 7) is 30.9. The molecule has 0 aliphatic rings. The van der Waals surface area contributed by atoms with Gasteiger partial charge in [0.2, 0.25) is 0 Å². The summed E-state index contributed by atoms with van der Waals surface area (Å²) < 4.78 is 16.6. The lowest BCUT2D eigenvalue weighted by molar-refractivity contribution is 0.104. The van der Waals surface area contributed by atoms with Crippen molar-refractivity contribution in [3.8, 4) is 34.5 Å². The molecule has 0 fully saturated rings. The molecule has 3 N–H and O–H groups in total. The van der Waals surface area contributed by atoms with E-state index >= 15 is 0 Å².